The first kappa shape index (κ1) is 68.4. The molecule has 0 N–H and O–H groups in total. The highest BCUT2D eigenvalue weighted by Gasteiger charge is 2.19. The molecular formula is C64H124O6. The molecule has 0 aliphatic rings. The van der Waals surface area contributed by atoms with E-state index in [-0.39, 0.29) is 31.1 Å². The summed E-state index contributed by atoms with van der Waals surface area (Å²) in [4.78, 5) is 38.2. The summed E-state index contributed by atoms with van der Waals surface area (Å²) in [5.74, 6) is -0.830. The van der Waals surface area contributed by atoms with Crippen LogP contribution in [-0.4, -0.2) is 37.2 Å². The first-order valence-electron chi connectivity index (χ1n) is 32.0. The summed E-state index contributed by atoms with van der Waals surface area (Å²) in [6, 6.07) is 0. The van der Waals surface area contributed by atoms with Crippen molar-refractivity contribution in [1.29, 1.82) is 0 Å². The average Bonchev–Trinajstić information content (AvgIpc) is 3.36. The Balaban J connectivity index is 4.13. The molecule has 0 radical (unpaired) electrons. The summed E-state index contributed by atoms with van der Waals surface area (Å²) in [5.41, 5.74) is 0. The van der Waals surface area contributed by atoms with E-state index in [1.54, 1.807) is 0 Å². The smallest absolute Gasteiger partial charge is 0.306 e. The fourth-order valence-corrected chi connectivity index (χ4v) is 10.0. The number of rotatable bonds is 60. The number of hydrogen-bond donors (Lipinski definition) is 0. The average molecular weight is 990 g/mol. The van der Waals surface area contributed by atoms with Gasteiger partial charge in [0, 0.05) is 19.3 Å². The zero-order chi connectivity index (χ0) is 50.7. The van der Waals surface area contributed by atoms with Gasteiger partial charge in [-0.25, -0.2) is 0 Å². The lowest BCUT2D eigenvalue weighted by molar-refractivity contribution is -0.167. The first-order chi connectivity index (χ1) is 34.5. The topological polar surface area (TPSA) is 78.9 Å². The Morgan fingerprint density at radius 3 is 0.571 bits per heavy atom. The third kappa shape index (κ3) is 57.3. The second kappa shape index (κ2) is 60.0. The minimum Gasteiger partial charge on any atom is -0.462 e. The molecular weight excluding hydrogens is 865 g/mol. The van der Waals surface area contributed by atoms with E-state index in [1.165, 1.54) is 276 Å². The molecule has 0 bridgehead atoms. The maximum atomic E-state index is 12.9. The van der Waals surface area contributed by atoms with Crippen molar-refractivity contribution in [3.63, 3.8) is 0 Å². The van der Waals surface area contributed by atoms with E-state index in [1.807, 2.05) is 0 Å². The SMILES string of the molecule is CCCCCCCCCCCCCCCCCCCCCCCCCCCC(=O)OCC(COC(=O)CCCCCCCCCCCC)OC(=O)CCCCCCCCCCCCCCCCCCC. The van der Waals surface area contributed by atoms with Crippen molar-refractivity contribution in [2.24, 2.45) is 0 Å². The van der Waals surface area contributed by atoms with Gasteiger partial charge in [-0.2, -0.15) is 0 Å². The van der Waals surface area contributed by atoms with Crippen LogP contribution in [0.3, 0.4) is 0 Å². The summed E-state index contributed by atoms with van der Waals surface area (Å²) >= 11 is 0. The van der Waals surface area contributed by atoms with Crippen LogP contribution in [0.2, 0.25) is 0 Å². The normalized spacial score (nSPS) is 11.9. The van der Waals surface area contributed by atoms with Gasteiger partial charge in [0.1, 0.15) is 13.2 Å². The minimum atomic E-state index is -0.761. The third-order valence-electron chi connectivity index (χ3n) is 14.9. The molecule has 0 aromatic heterocycles. The van der Waals surface area contributed by atoms with Crippen LogP contribution in [0.5, 0.6) is 0 Å². The molecule has 0 saturated carbocycles. The zero-order valence-corrected chi connectivity index (χ0v) is 47.8. The molecule has 0 aliphatic carbocycles. The number of ether oxygens (including phenoxy) is 3. The number of hydrogen-bond acceptors (Lipinski definition) is 6. The van der Waals surface area contributed by atoms with Gasteiger partial charge in [0.2, 0.25) is 0 Å². The van der Waals surface area contributed by atoms with Crippen LogP contribution in [0.4, 0.5) is 0 Å². The largest absolute Gasteiger partial charge is 0.462 e. The van der Waals surface area contributed by atoms with E-state index < -0.39 is 6.10 Å². The second-order valence-electron chi connectivity index (χ2n) is 22.1. The van der Waals surface area contributed by atoms with Gasteiger partial charge in [0.05, 0.1) is 0 Å². The Kier molecular flexibility index (Phi) is 58.6. The van der Waals surface area contributed by atoms with Crippen molar-refractivity contribution in [3.05, 3.63) is 0 Å². The standard InChI is InChI=1S/C64H124O6/c1-4-7-10-13-16-19-22-24-26-28-29-30-31-32-33-34-35-37-38-40-42-45-48-51-54-57-63(66)69-60-61(59-68-62(65)56-53-50-47-44-21-18-15-12-9-6-3)70-64(67)58-55-52-49-46-43-41-39-36-27-25-23-20-17-14-11-8-5-2/h61H,4-60H2,1-3H3. The Hall–Kier alpha value is -1.59. The van der Waals surface area contributed by atoms with E-state index >= 15 is 0 Å². The maximum absolute atomic E-state index is 12.9. The van der Waals surface area contributed by atoms with Gasteiger partial charge in [-0.05, 0) is 19.3 Å². The maximum Gasteiger partial charge on any atom is 0.306 e. The molecule has 0 aromatic rings. The summed E-state index contributed by atoms with van der Waals surface area (Å²) in [6.45, 7) is 6.71. The van der Waals surface area contributed by atoms with Gasteiger partial charge in [-0.15, -0.1) is 0 Å². The van der Waals surface area contributed by atoms with Crippen LogP contribution in [0, 0.1) is 0 Å². The van der Waals surface area contributed by atoms with Crippen LogP contribution in [-0.2, 0) is 28.6 Å². The van der Waals surface area contributed by atoms with Gasteiger partial charge >= 0.3 is 17.9 Å². The van der Waals surface area contributed by atoms with E-state index in [9.17, 15) is 14.4 Å². The molecule has 1 atom stereocenters. The highest BCUT2D eigenvalue weighted by atomic mass is 16.6. The lowest BCUT2D eigenvalue weighted by Gasteiger charge is -2.18. The Labute approximate surface area is 438 Å². The lowest BCUT2D eigenvalue weighted by Crippen LogP contribution is -2.30. The molecule has 1 unspecified atom stereocenters. The molecule has 0 rings (SSSR count). The van der Waals surface area contributed by atoms with Crippen molar-refractivity contribution in [2.45, 2.75) is 380 Å². The Bertz CT molecular complexity index is 1040. The number of unbranched alkanes of at least 4 members (excludes halogenated alkanes) is 49. The molecule has 0 spiro atoms. The van der Waals surface area contributed by atoms with Crippen molar-refractivity contribution >= 4 is 17.9 Å². The Morgan fingerprint density at radius 2 is 0.386 bits per heavy atom. The van der Waals surface area contributed by atoms with Crippen molar-refractivity contribution in [3.8, 4) is 0 Å². The molecule has 0 fully saturated rings. The summed E-state index contributed by atoms with van der Waals surface area (Å²) in [7, 11) is 0. The molecule has 0 aromatic carbocycles. The molecule has 416 valence electrons. The fourth-order valence-electron chi connectivity index (χ4n) is 10.0. The predicted molar refractivity (Wildman–Crippen MR) is 303 cm³/mol. The first-order valence-corrected chi connectivity index (χ1v) is 32.0. The molecule has 0 saturated heterocycles. The van der Waals surface area contributed by atoms with E-state index in [2.05, 4.69) is 20.8 Å². The van der Waals surface area contributed by atoms with Crippen LogP contribution in [0.1, 0.15) is 374 Å². The number of esters is 3. The van der Waals surface area contributed by atoms with Gasteiger partial charge in [-0.1, -0.05) is 335 Å². The quantitative estimate of drug-likeness (QED) is 0.0343. The van der Waals surface area contributed by atoms with E-state index in [0.717, 1.165) is 57.8 Å². The molecule has 0 aliphatic heterocycles. The number of carbonyl (C=O) groups excluding carboxylic acids is 3. The van der Waals surface area contributed by atoms with Crippen LogP contribution in [0.25, 0.3) is 0 Å². The minimum absolute atomic E-state index is 0.0609. The predicted octanol–water partition coefficient (Wildman–Crippen LogP) is 21.5. The van der Waals surface area contributed by atoms with E-state index in [4.69, 9.17) is 14.2 Å². The number of carbonyl (C=O) groups is 3. The van der Waals surface area contributed by atoms with Crippen LogP contribution < -0.4 is 0 Å². The van der Waals surface area contributed by atoms with Crippen LogP contribution >= 0.6 is 0 Å². The summed E-state index contributed by atoms with van der Waals surface area (Å²) < 4.78 is 16.9. The van der Waals surface area contributed by atoms with Gasteiger partial charge in [-0.3, -0.25) is 14.4 Å². The molecule has 70 heavy (non-hydrogen) atoms. The summed E-state index contributed by atoms with van der Waals surface area (Å²) in [6.07, 6.45) is 68.4. The van der Waals surface area contributed by atoms with Crippen molar-refractivity contribution in [1.82, 2.24) is 0 Å². The van der Waals surface area contributed by atoms with Crippen molar-refractivity contribution in [2.75, 3.05) is 13.2 Å². The monoisotopic (exact) mass is 989 g/mol. The van der Waals surface area contributed by atoms with Gasteiger partial charge in [0.25, 0.3) is 0 Å². The zero-order valence-electron chi connectivity index (χ0n) is 47.8. The van der Waals surface area contributed by atoms with Gasteiger partial charge < -0.3 is 14.2 Å². The molecule has 0 heterocycles. The highest BCUT2D eigenvalue weighted by molar-refractivity contribution is 5.71. The fraction of sp³-hybridized carbons (Fsp3) is 0.953. The molecule has 0 amide bonds. The summed E-state index contributed by atoms with van der Waals surface area (Å²) in [5, 5.41) is 0. The van der Waals surface area contributed by atoms with E-state index in [0.29, 0.717) is 19.3 Å². The molecule has 6 heteroatoms. The second-order valence-corrected chi connectivity index (χ2v) is 22.1. The lowest BCUT2D eigenvalue weighted by atomic mass is 10.0. The molecule has 6 nitrogen and oxygen atoms in total. The van der Waals surface area contributed by atoms with Crippen molar-refractivity contribution < 1.29 is 28.6 Å². The van der Waals surface area contributed by atoms with Gasteiger partial charge in [0.15, 0.2) is 6.10 Å². The van der Waals surface area contributed by atoms with Crippen LogP contribution in [0.15, 0.2) is 0 Å². The highest BCUT2D eigenvalue weighted by Crippen LogP contribution is 2.19. The Morgan fingerprint density at radius 1 is 0.229 bits per heavy atom. The third-order valence-corrected chi connectivity index (χ3v) is 14.9.